The van der Waals surface area contributed by atoms with Crippen LogP contribution in [0.15, 0.2) is 30.3 Å². The van der Waals surface area contributed by atoms with E-state index in [4.69, 9.17) is 4.74 Å². The minimum absolute atomic E-state index is 0.0989. The average Bonchev–Trinajstić information content (AvgIpc) is 2.98. The molecule has 1 amide bonds. The van der Waals surface area contributed by atoms with Crippen LogP contribution in [0.3, 0.4) is 0 Å². The van der Waals surface area contributed by atoms with Gasteiger partial charge in [0, 0.05) is 25.7 Å². The molecule has 0 aromatic heterocycles. The zero-order chi connectivity index (χ0) is 15.1. The van der Waals surface area contributed by atoms with Gasteiger partial charge >= 0.3 is 0 Å². The van der Waals surface area contributed by atoms with Gasteiger partial charge in [-0.25, -0.2) is 0 Å². The maximum absolute atomic E-state index is 11.9. The molecule has 116 valence electrons. The summed E-state index contributed by atoms with van der Waals surface area (Å²) in [4.78, 5) is 14.1. The molecule has 4 heteroatoms. The van der Waals surface area contributed by atoms with E-state index in [-0.39, 0.29) is 12.0 Å². The molecule has 1 heterocycles. The SMILES string of the molecule is C[C@@H](CNC(=O)C[C@H]1CCCO1)N(C)Cc1ccccc1. The van der Waals surface area contributed by atoms with Crippen LogP contribution >= 0.6 is 0 Å². The summed E-state index contributed by atoms with van der Waals surface area (Å²) in [6.45, 7) is 4.50. The molecule has 1 aromatic carbocycles. The van der Waals surface area contributed by atoms with Crippen LogP contribution in [0.5, 0.6) is 0 Å². The van der Waals surface area contributed by atoms with Crippen molar-refractivity contribution in [2.45, 2.75) is 44.9 Å². The van der Waals surface area contributed by atoms with Crippen LogP contribution in [0, 0.1) is 0 Å². The van der Waals surface area contributed by atoms with Crippen molar-refractivity contribution in [2.75, 3.05) is 20.2 Å². The number of nitrogens with zero attached hydrogens (tertiary/aromatic N) is 1. The van der Waals surface area contributed by atoms with Crippen molar-refractivity contribution in [1.82, 2.24) is 10.2 Å². The van der Waals surface area contributed by atoms with Crippen LogP contribution in [0.25, 0.3) is 0 Å². The fourth-order valence-electron chi connectivity index (χ4n) is 2.53. The maximum Gasteiger partial charge on any atom is 0.222 e. The number of carbonyl (C=O) groups is 1. The van der Waals surface area contributed by atoms with Gasteiger partial charge in [0.25, 0.3) is 0 Å². The number of likely N-dealkylation sites (N-methyl/N-ethyl adjacent to an activating group) is 1. The third-order valence-electron chi connectivity index (χ3n) is 4.06. The van der Waals surface area contributed by atoms with Crippen LogP contribution in [-0.4, -0.2) is 43.2 Å². The van der Waals surface area contributed by atoms with Crippen LogP contribution in [-0.2, 0) is 16.1 Å². The van der Waals surface area contributed by atoms with Crippen molar-refractivity contribution in [3.8, 4) is 0 Å². The van der Waals surface area contributed by atoms with Gasteiger partial charge in [0.1, 0.15) is 0 Å². The summed E-state index contributed by atoms with van der Waals surface area (Å²) in [5, 5.41) is 3.02. The van der Waals surface area contributed by atoms with Gasteiger partial charge in [-0.15, -0.1) is 0 Å². The second kappa shape index (κ2) is 8.15. The van der Waals surface area contributed by atoms with E-state index in [9.17, 15) is 4.79 Å². The first-order valence-corrected chi connectivity index (χ1v) is 7.77. The van der Waals surface area contributed by atoms with E-state index in [1.807, 2.05) is 6.07 Å². The summed E-state index contributed by atoms with van der Waals surface area (Å²) in [6, 6.07) is 10.7. The third-order valence-corrected chi connectivity index (χ3v) is 4.06. The lowest BCUT2D eigenvalue weighted by atomic mass is 10.1. The standard InChI is InChI=1S/C17H26N2O2/c1-14(19(2)13-15-7-4-3-5-8-15)12-18-17(20)11-16-9-6-10-21-16/h3-5,7-8,14,16H,6,9-13H2,1-2H3,(H,18,20)/t14-,16+/m0/s1. The largest absolute Gasteiger partial charge is 0.378 e. The van der Waals surface area contributed by atoms with E-state index in [1.54, 1.807) is 0 Å². The Kier molecular flexibility index (Phi) is 6.21. The summed E-state index contributed by atoms with van der Waals surface area (Å²) >= 11 is 0. The molecule has 21 heavy (non-hydrogen) atoms. The molecule has 1 aromatic rings. The zero-order valence-electron chi connectivity index (χ0n) is 13.0. The van der Waals surface area contributed by atoms with Gasteiger partial charge in [-0.1, -0.05) is 30.3 Å². The normalized spacial score (nSPS) is 19.7. The highest BCUT2D eigenvalue weighted by Gasteiger charge is 2.19. The topological polar surface area (TPSA) is 41.6 Å². The summed E-state index contributed by atoms with van der Waals surface area (Å²) in [7, 11) is 2.09. The van der Waals surface area contributed by atoms with Crippen LogP contribution in [0.1, 0.15) is 31.7 Å². The highest BCUT2D eigenvalue weighted by atomic mass is 16.5. The molecule has 1 saturated heterocycles. The molecule has 2 atom stereocenters. The van der Waals surface area contributed by atoms with Crippen LogP contribution < -0.4 is 5.32 Å². The van der Waals surface area contributed by atoms with E-state index in [2.05, 4.69) is 48.5 Å². The molecule has 0 bridgehead atoms. The first-order chi connectivity index (χ1) is 10.1. The van der Waals surface area contributed by atoms with Gasteiger partial charge in [0.15, 0.2) is 0 Å². The van der Waals surface area contributed by atoms with Gasteiger partial charge in [-0.3, -0.25) is 9.69 Å². The first kappa shape index (κ1) is 16.0. The smallest absolute Gasteiger partial charge is 0.222 e. The summed E-state index contributed by atoms with van der Waals surface area (Å²) in [5.74, 6) is 0.0989. The highest BCUT2D eigenvalue weighted by molar-refractivity contribution is 5.76. The Hall–Kier alpha value is -1.39. The molecule has 0 saturated carbocycles. The minimum atomic E-state index is 0.0989. The van der Waals surface area contributed by atoms with E-state index in [0.717, 1.165) is 26.0 Å². The van der Waals surface area contributed by atoms with Crippen molar-refractivity contribution in [1.29, 1.82) is 0 Å². The van der Waals surface area contributed by atoms with Gasteiger partial charge in [-0.2, -0.15) is 0 Å². The van der Waals surface area contributed by atoms with E-state index < -0.39 is 0 Å². The number of ether oxygens (including phenoxy) is 1. The van der Waals surface area contributed by atoms with Crippen molar-refractivity contribution >= 4 is 5.91 Å². The van der Waals surface area contributed by atoms with E-state index in [0.29, 0.717) is 19.0 Å². The second-order valence-corrected chi connectivity index (χ2v) is 5.89. The Bertz CT molecular complexity index is 430. The summed E-state index contributed by atoms with van der Waals surface area (Å²) < 4.78 is 5.49. The lowest BCUT2D eigenvalue weighted by molar-refractivity contribution is -0.123. The average molecular weight is 290 g/mol. The summed E-state index contributed by atoms with van der Waals surface area (Å²) in [6.07, 6.45) is 2.71. The lowest BCUT2D eigenvalue weighted by Crippen LogP contribution is -2.40. The molecule has 2 rings (SSSR count). The van der Waals surface area contributed by atoms with Gasteiger partial charge < -0.3 is 10.1 Å². The van der Waals surface area contributed by atoms with Gasteiger partial charge in [0.05, 0.1) is 12.5 Å². The molecule has 1 fully saturated rings. The number of carbonyl (C=O) groups excluding carboxylic acids is 1. The fourth-order valence-corrected chi connectivity index (χ4v) is 2.53. The number of benzene rings is 1. The van der Waals surface area contributed by atoms with Crippen LogP contribution in [0.2, 0.25) is 0 Å². The van der Waals surface area contributed by atoms with Crippen molar-refractivity contribution < 1.29 is 9.53 Å². The molecule has 0 radical (unpaired) electrons. The molecule has 1 N–H and O–H groups in total. The molecular weight excluding hydrogens is 264 g/mol. The Morgan fingerprint density at radius 3 is 2.86 bits per heavy atom. The molecule has 1 aliphatic heterocycles. The van der Waals surface area contributed by atoms with Crippen molar-refractivity contribution in [3.05, 3.63) is 35.9 Å². The third kappa shape index (κ3) is 5.48. The van der Waals surface area contributed by atoms with Gasteiger partial charge in [-0.05, 0) is 32.4 Å². The lowest BCUT2D eigenvalue weighted by Gasteiger charge is -2.25. The second-order valence-electron chi connectivity index (χ2n) is 5.89. The monoisotopic (exact) mass is 290 g/mol. The predicted octanol–water partition coefficient (Wildman–Crippen LogP) is 2.19. The molecule has 0 spiro atoms. The highest BCUT2D eigenvalue weighted by Crippen LogP contribution is 2.14. The number of hydrogen-bond acceptors (Lipinski definition) is 3. The predicted molar refractivity (Wildman–Crippen MR) is 84.0 cm³/mol. The maximum atomic E-state index is 11.9. The Labute approximate surface area is 127 Å². The molecule has 4 nitrogen and oxygen atoms in total. The fraction of sp³-hybridized carbons (Fsp3) is 0.588. The Morgan fingerprint density at radius 1 is 1.43 bits per heavy atom. The van der Waals surface area contributed by atoms with Crippen molar-refractivity contribution in [2.24, 2.45) is 0 Å². The number of rotatable bonds is 7. The van der Waals surface area contributed by atoms with Crippen molar-refractivity contribution in [3.63, 3.8) is 0 Å². The molecule has 0 aliphatic carbocycles. The quantitative estimate of drug-likeness (QED) is 0.837. The van der Waals surface area contributed by atoms with E-state index in [1.165, 1.54) is 5.56 Å². The van der Waals surface area contributed by atoms with E-state index >= 15 is 0 Å². The zero-order valence-corrected chi connectivity index (χ0v) is 13.0. The number of amides is 1. The molecule has 0 unspecified atom stereocenters. The van der Waals surface area contributed by atoms with Crippen LogP contribution in [0.4, 0.5) is 0 Å². The number of hydrogen-bond donors (Lipinski definition) is 1. The Balaban J connectivity index is 1.68. The summed E-state index contributed by atoms with van der Waals surface area (Å²) in [5.41, 5.74) is 1.29. The molecular formula is C17H26N2O2. The molecule has 1 aliphatic rings. The Morgan fingerprint density at radius 2 is 2.19 bits per heavy atom. The van der Waals surface area contributed by atoms with Gasteiger partial charge in [0.2, 0.25) is 5.91 Å². The number of nitrogens with one attached hydrogen (secondary N) is 1. The minimum Gasteiger partial charge on any atom is -0.378 e. The first-order valence-electron chi connectivity index (χ1n) is 7.77.